The van der Waals surface area contributed by atoms with Crippen molar-refractivity contribution in [2.24, 2.45) is 5.73 Å². The Kier molecular flexibility index (Phi) is 1.97. The molecule has 0 atom stereocenters. The van der Waals surface area contributed by atoms with Gasteiger partial charge in [0.15, 0.2) is 5.82 Å². The Morgan fingerprint density at radius 3 is 2.92 bits per heavy atom. The summed E-state index contributed by atoms with van der Waals surface area (Å²) in [6.07, 6.45) is 6.23. The van der Waals surface area contributed by atoms with Crippen molar-refractivity contribution in [2.45, 2.75) is 6.54 Å². The van der Waals surface area contributed by atoms with Crippen molar-refractivity contribution in [1.82, 2.24) is 24.7 Å². The molecule has 2 heterocycles. The van der Waals surface area contributed by atoms with Crippen LogP contribution in [0.1, 0.15) is 5.69 Å². The number of hydrogen-bond donors (Lipinski definition) is 1. The first kappa shape index (κ1) is 7.81. The average molecular weight is 176 g/mol. The fourth-order valence-corrected chi connectivity index (χ4v) is 0.930. The van der Waals surface area contributed by atoms with Crippen LogP contribution in [0.25, 0.3) is 5.82 Å². The Labute approximate surface area is 74.5 Å². The van der Waals surface area contributed by atoms with E-state index in [4.69, 9.17) is 5.73 Å². The van der Waals surface area contributed by atoms with Gasteiger partial charge in [0.05, 0.1) is 11.9 Å². The van der Waals surface area contributed by atoms with Crippen LogP contribution in [0.15, 0.2) is 25.0 Å². The van der Waals surface area contributed by atoms with Crippen molar-refractivity contribution in [2.75, 3.05) is 0 Å². The molecule has 0 bridgehead atoms. The van der Waals surface area contributed by atoms with Crippen molar-refractivity contribution in [3.8, 4) is 5.82 Å². The summed E-state index contributed by atoms with van der Waals surface area (Å²) in [4.78, 5) is 12.0. The molecule has 0 aromatic carbocycles. The van der Waals surface area contributed by atoms with Gasteiger partial charge in [0.2, 0.25) is 0 Å². The third-order valence-corrected chi connectivity index (χ3v) is 1.53. The van der Waals surface area contributed by atoms with Gasteiger partial charge in [-0.3, -0.25) is 4.98 Å². The number of nitrogens with two attached hydrogens (primary N) is 1. The molecule has 0 aliphatic carbocycles. The van der Waals surface area contributed by atoms with E-state index < -0.39 is 0 Å². The van der Waals surface area contributed by atoms with Gasteiger partial charge in [-0.15, -0.1) is 0 Å². The maximum Gasteiger partial charge on any atom is 0.173 e. The van der Waals surface area contributed by atoms with E-state index in [9.17, 15) is 0 Å². The predicted octanol–water partition coefficient (Wildman–Crippen LogP) is -0.484. The maximum atomic E-state index is 5.42. The topological polar surface area (TPSA) is 82.5 Å². The lowest BCUT2D eigenvalue weighted by Crippen LogP contribution is -2.05. The molecular weight excluding hydrogens is 168 g/mol. The molecule has 0 spiro atoms. The van der Waals surface area contributed by atoms with Crippen LogP contribution in [0, 0.1) is 0 Å². The first-order valence-corrected chi connectivity index (χ1v) is 3.76. The van der Waals surface area contributed by atoms with E-state index in [1.165, 1.54) is 11.0 Å². The molecule has 0 fully saturated rings. The first-order valence-electron chi connectivity index (χ1n) is 3.76. The Bertz CT molecular complexity index is 382. The summed E-state index contributed by atoms with van der Waals surface area (Å²) in [5.74, 6) is 0.625. The summed E-state index contributed by atoms with van der Waals surface area (Å²) in [6.45, 7) is 0.371. The second-order valence-corrected chi connectivity index (χ2v) is 2.41. The summed E-state index contributed by atoms with van der Waals surface area (Å²) in [5.41, 5.74) is 6.15. The molecule has 0 aliphatic rings. The molecule has 0 saturated heterocycles. The highest BCUT2D eigenvalue weighted by molar-refractivity contribution is 5.16. The molecule has 66 valence electrons. The fourth-order valence-electron chi connectivity index (χ4n) is 0.930. The van der Waals surface area contributed by atoms with Crippen LogP contribution in [0.5, 0.6) is 0 Å². The van der Waals surface area contributed by atoms with Gasteiger partial charge in [-0.1, -0.05) is 0 Å². The Balaban J connectivity index is 2.41. The van der Waals surface area contributed by atoms with Gasteiger partial charge >= 0.3 is 0 Å². The lowest BCUT2D eigenvalue weighted by molar-refractivity contribution is 0.815. The van der Waals surface area contributed by atoms with E-state index in [2.05, 4.69) is 20.1 Å². The Morgan fingerprint density at radius 2 is 2.23 bits per heavy atom. The summed E-state index contributed by atoms with van der Waals surface area (Å²) < 4.78 is 1.53. The van der Waals surface area contributed by atoms with Crippen molar-refractivity contribution < 1.29 is 0 Å². The van der Waals surface area contributed by atoms with Crippen molar-refractivity contribution >= 4 is 0 Å². The average Bonchev–Trinajstić information content (AvgIpc) is 2.71. The molecular formula is C7H8N6. The van der Waals surface area contributed by atoms with Gasteiger partial charge in [-0.05, 0) is 0 Å². The van der Waals surface area contributed by atoms with Crippen molar-refractivity contribution in [3.63, 3.8) is 0 Å². The van der Waals surface area contributed by atoms with E-state index in [1.807, 2.05) is 0 Å². The quantitative estimate of drug-likeness (QED) is 0.668. The zero-order chi connectivity index (χ0) is 9.10. The zero-order valence-corrected chi connectivity index (χ0v) is 6.83. The molecule has 0 saturated carbocycles. The van der Waals surface area contributed by atoms with Crippen LogP contribution >= 0.6 is 0 Å². The minimum atomic E-state index is 0.371. The smallest absolute Gasteiger partial charge is 0.173 e. The molecule has 13 heavy (non-hydrogen) atoms. The zero-order valence-electron chi connectivity index (χ0n) is 6.83. The van der Waals surface area contributed by atoms with Crippen LogP contribution in [0.3, 0.4) is 0 Å². The Morgan fingerprint density at radius 1 is 1.31 bits per heavy atom. The monoisotopic (exact) mass is 176 g/mol. The highest BCUT2D eigenvalue weighted by Crippen LogP contribution is 1.99. The SMILES string of the molecule is NCc1cncc(-n2cncn2)n1. The molecule has 6 heteroatoms. The number of hydrogen-bond acceptors (Lipinski definition) is 5. The van der Waals surface area contributed by atoms with Crippen LogP contribution < -0.4 is 5.73 Å². The second-order valence-electron chi connectivity index (χ2n) is 2.41. The number of nitrogens with zero attached hydrogens (tertiary/aromatic N) is 5. The van der Waals surface area contributed by atoms with Crippen LogP contribution in [-0.2, 0) is 6.54 Å². The third-order valence-electron chi connectivity index (χ3n) is 1.53. The molecule has 6 nitrogen and oxygen atoms in total. The second kappa shape index (κ2) is 3.28. The molecule has 2 aromatic heterocycles. The van der Waals surface area contributed by atoms with Gasteiger partial charge in [-0.25, -0.2) is 14.6 Å². The third kappa shape index (κ3) is 1.52. The highest BCUT2D eigenvalue weighted by Gasteiger charge is 1.99. The lowest BCUT2D eigenvalue weighted by atomic mass is 10.4. The molecule has 0 unspecified atom stereocenters. The highest BCUT2D eigenvalue weighted by atomic mass is 15.3. The minimum Gasteiger partial charge on any atom is -0.325 e. The molecule has 0 radical (unpaired) electrons. The van der Waals surface area contributed by atoms with Crippen LogP contribution in [0.4, 0.5) is 0 Å². The lowest BCUT2D eigenvalue weighted by Gasteiger charge is -1.99. The van der Waals surface area contributed by atoms with Crippen molar-refractivity contribution in [3.05, 3.63) is 30.7 Å². The summed E-state index contributed by atoms with van der Waals surface area (Å²) in [5, 5.41) is 3.92. The number of aromatic nitrogens is 5. The molecule has 2 rings (SSSR count). The predicted molar refractivity (Wildman–Crippen MR) is 44.8 cm³/mol. The van der Waals surface area contributed by atoms with Gasteiger partial charge < -0.3 is 5.73 Å². The number of rotatable bonds is 2. The van der Waals surface area contributed by atoms with E-state index in [1.54, 1.807) is 18.7 Å². The van der Waals surface area contributed by atoms with E-state index in [0.29, 0.717) is 12.4 Å². The molecule has 0 amide bonds. The fraction of sp³-hybridized carbons (Fsp3) is 0.143. The minimum absolute atomic E-state index is 0.371. The molecule has 2 aromatic rings. The van der Waals surface area contributed by atoms with Gasteiger partial charge in [0, 0.05) is 12.7 Å². The Hall–Kier alpha value is -1.82. The summed E-state index contributed by atoms with van der Waals surface area (Å²) in [6, 6.07) is 0. The maximum absolute atomic E-state index is 5.42. The van der Waals surface area contributed by atoms with E-state index >= 15 is 0 Å². The summed E-state index contributed by atoms with van der Waals surface area (Å²) in [7, 11) is 0. The van der Waals surface area contributed by atoms with E-state index in [0.717, 1.165) is 5.69 Å². The van der Waals surface area contributed by atoms with Gasteiger partial charge in [0.1, 0.15) is 12.7 Å². The normalized spacial score (nSPS) is 10.2. The first-order chi connectivity index (χ1) is 6.40. The van der Waals surface area contributed by atoms with Crippen molar-refractivity contribution in [1.29, 1.82) is 0 Å². The standard InChI is InChI=1S/C7H8N6/c8-1-6-2-9-3-7(12-6)13-5-10-4-11-13/h2-5H,1,8H2. The summed E-state index contributed by atoms with van der Waals surface area (Å²) >= 11 is 0. The molecule has 2 N–H and O–H groups in total. The van der Waals surface area contributed by atoms with Crippen LogP contribution in [0.2, 0.25) is 0 Å². The van der Waals surface area contributed by atoms with Gasteiger partial charge in [-0.2, -0.15) is 5.10 Å². The largest absolute Gasteiger partial charge is 0.325 e. The van der Waals surface area contributed by atoms with E-state index in [-0.39, 0.29) is 0 Å². The van der Waals surface area contributed by atoms with Gasteiger partial charge in [0.25, 0.3) is 0 Å². The van der Waals surface area contributed by atoms with Crippen LogP contribution in [-0.4, -0.2) is 24.7 Å². The molecule has 0 aliphatic heterocycles.